The second-order valence-corrected chi connectivity index (χ2v) is 7.05. The molecule has 1 heterocycles. The molecule has 116 valence electrons. The van der Waals surface area contributed by atoms with Gasteiger partial charge in [-0.2, -0.15) is 0 Å². The fourth-order valence-electron chi connectivity index (χ4n) is 2.40. The third-order valence-electron chi connectivity index (χ3n) is 3.58. The van der Waals surface area contributed by atoms with Crippen molar-refractivity contribution in [3.63, 3.8) is 0 Å². The second-order valence-electron chi connectivity index (χ2n) is 5.28. The predicted octanol–water partition coefficient (Wildman–Crippen LogP) is 2.00. The van der Waals surface area contributed by atoms with Gasteiger partial charge in [-0.1, -0.05) is 13.0 Å². The van der Waals surface area contributed by atoms with Gasteiger partial charge in [0.15, 0.2) is 0 Å². The molecule has 1 aromatic rings. The first-order chi connectivity index (χ1) is 10.0. The summed E-state index contributed by atoms with van der Waals surface area (Å²) in [6.45, 7) is 3.80. The Morgan fingerprint density at radius 1 is 1.24 bits per heavy atom. The molecule has 1 aromatic carbocycles. The molecule has 6 heteroatoms. The standard InChI is InChI=1S/C15H22N2O3S/c1-2-9-16-21(19,20)14-8-6-7-13(12-14)15(18)17-10-4-3-5-11-17/h6-8,12,16H,2-5,9-11H2,1H3. The molecule has 0 bridgehead atoms. The van der Waals surface area contributed by atoms with E-state index in [4.69, 9.17) is 0 Å². The van der Waals surface area contributed by atoms with Gasteiger partial charge < -0.3 is 4.90 Å². The van der Waals surface area contributed by atoms with E-state index < -0.39 is 10.0 Å². The number of piperidine rings is 1. The number of carbonyl (C=O) groups excluding carboxylic acids is 1. The highest BCUT2D eigenvalue weighted by atomic mass is 32.2. The molecule has 1 aliphatic rings. The monoisotopic (exact) mass is 310 g/mol. The number of rotatable bonds is 5. The number of nitrogens with one attached hydrogen (secondary N) is 1. The van der Waals surface area contributed by atoms with Crippen LogP contribution in [0, 0.1) is 0 Å². The lowest BCUT2D eigenvalue weighted by atomic mass is 10.1. The Kier molecular flexibility index (Phi) is 5.36. The molecule has 0 radical (unpaired) electrons. The van der Waals surface area contributed by atoms with Crippen LogP contribution in [0.1, 0.15) is 43.0 Å². The maximum absolute atomic E-state index is 12.4. The van der Waals surface area contributed by atoms with E-state index in [-0.39, 0.29) is 10.8 Å². The van der Waals surface area contributed by atoms with Gasteiger partial charge in [-0.05, 0) is 43.9 Å². The van der Waals surface area contributed by atoms with E-state index in [2.05, 4.69) is 4.72 Å². The summed E-state index contributed by atoms with van der Waals surface area (Å²) in [6.07, 6.45) is 3.91. The number of carbonyl (C=O) groups is 1. The van der Waals surface area contributed by atoms with E-state index in [1.807, 2.05) is 6.92 Å². The Morgan fingerprint density at radius 2 is 1.95 bits per heavy atom. The number of amides is 1. The number of hydrogen-bond acceptors (Lipinski definition) is 3. The van der Waals surface area contributed by atoms with Crippen molar-refractivity contribution in [2.45, 2.75) is 37.5 Å². The van der Waals surface area contributed by atoms with Crippen LogP contribution >= 0.6 is 0 Å². The summed E-state index contributed by atoms with van der Waals surface area (Å²) in [6, 6.07) is 6.29. The molecule has 1 fully saturated rings. The molecule has 0 unspecified atom stereocenters. The van der Waals surface area contributed by atoms with Crippen LogP contribution in [0.15, 0.2) is 29.2 Å². The number of sulfonamides is 1. The Labute approximate surface area is 126 Å². The van der Waals surface area contributed by atoms with Crippen LogP contribution in [0.5, 0.6) is 0 Å². The van der Waals surface area contributed by atoms with E-state index in [9.17, 15) is 13.2 Å². The van der Waals surface area contributed by atoms with Crippen LogP contribution in [0.3, 0.4) is 0 Å². The van der Waals surface area contributed by atoms with Crippen molar-refractivity contribution in [2.24, 2.45) is 0 Å². The van der Waals surface area contributed by atoms with Crippen LogP contribution in [-0.2, 0) is 10.0 Å². The fraction of sp³-hybridized carbons (Fsp3) is 0.533. The van der Waals surface area contributed by atoms with E-state index in [1.54, 1.807) is 17.0 Å². The number of hydrogen-bond donors (Lipinski definition) is 1. The molecule has 0 atom stereocenters. The zero-order chi connectivity index (χ0) is 15.3. The van der Waals surface area contributed by atoms with Gasteiger partial charge >= 0.3 is 0 Å². The Morgan fingerprint density at radius 3 is 2.62 bits per heavy atom. The minimum Gasteiger partial charge on any atom is -0.339 e. The highest BCUT2D eigenvalue weighted by Crippen LogP contribution is 2.16. The zero-order valence-corrected chi connectivity index (χ0v) is 13.2. The van der Waals surface area contributed by atoms with Crippen LogP contribution in [0.25, 0.3) is 0 Å². The number of benzene rings is 1. The van der Waals surface area contributed by atoms with Gasteiger partial charge in [-0.15, -0.1) is 0 Å². The molecule has 2 rings (SSSR count). The van der Waals surface area contributed by atoms with Crippen molar-refractivity contribution < 1.29 is 13.2 Å². The highest BCUT2D eigenvalue weighted by Gasteiger charge is 2.20. The molecule has 5 nitrogen and oxygen atoms in total. The van der Waals surface area contributed by atoms with Gasteiger partial charge in [0.1, 0.15) is 0 Å². The smallest absolute Gasteiger partial charge is 0.253 e. The number of nitrogens with zero attached hydrogens (tertiary/aromatic N) is 1. The largest absolute Gasteiger partial charge is 0.339 e. The zero-order valence-electron chi connectivity index (χ0n) is 12.3. The Balaban J connectivity index is 2.19. The lowest BCUT2D eigenvalue weighted by Crippen LogP contribution is -2.35. The minimum absolute atomic E-state index is 0.0813. The van der Waals surface area contributed by atoms with E-state index >= 15 is 0 Å². The minimum atomic E-state index is -3.53. The molecule has 0 aromatic heterocycles. The first-order valence-electron chi connectivity index (χ1n) is 7.43. The van der Waals surface area contributed by atoms with Gasteiger partial charge in [-0.3, -0.25) is 4.79 Å². The first-order valence-corrected chi connectivity index (χ1v) is 8.92. The summed E-state index contributed by atoms with van der Waals surface area (Å²) < 4.78 is 26.7. The van der Waals surface area contributed by atoms with Crippen molar-refractivity contribution in [3.05, 3.63) is 29.8 Å². The molecule has 1 N–H and O–H groups in total. The van der Waals surface area contributed by atoms with Crippen molar-refractivity contribution in [2.75, 3.05) is 19.6 Å². The lowest BCUT2D eigenvalue weighted by molar-refractivity contribution is 0.0724. The third-order valence-corrected chi connectivity index (χ3v) is 5.04. The normalized spacial score (nSPS) is 16.0. The van der Waals surface area contributed by atoms with Gasteiger partial charge in [0.25, 0.3) is 5.91 Å². The van der Waals surface area contributed by atoms with Gasteiger partial charge in [0, 0.05) is 25.2 Å². The third kappa shape index (κ3) is 4.04. The molecule has 0 aliphatic carbocycles. The summed E-state index contributed by atoms with van der Waals surface area (Å²) in [5, 5.41) is 0. The van der Waals surface area contributed by atoms with Crippen LogP contribution < -0.4 is 4.72 Å². The maximum atomic E-state index is 12.4. The van der Waals surface area contributed by atoms with Crippen LogP contribution in [0.4, 0.5) is 0 Å². The summed E-state index contributed by atoms with van der Waals surface area (Å²) in [7, 11) is -3.53. The molecule has 21 heavy (non-hydrogen) atoms. The quantitative estimate of drug-likeness (QED) is 0.904. The molecular formula is C15H22N2O3S. The van der Waals surface area contributed by atoms with Gasteiger partial charge in [-0.25, -0.2) is 13.1 Å². The van der Waals surface area contributed by atoms with Crippen LogP contribution in [-0.4, -0.2) is 38.9 Å². The molecule has 1 aliphatic heterocycles. The van der Waals surface area contributed by atoms with E-state index in [1.165, 1.54) is 12.1 Å². The van der Waals surface area contributed by atoms with Crippen molar-refractivity contribution >= 4 is 15.9 Å². The van der Waals surface area contributed by atoms with Crippen molar-refractivity contribution in [1.29, 1.82) is 0 Å². The van der Waals surface area contributed by atoms with Crippen LogP contribution in [0.2, 0.25) is 0 Å². The molecule has 0 spiro atoms. The SMILES string of the molecule is CCCNS(=O)(=O)c1cccc(C(=O)N2CCCCC2)c1. The Hall–Kier alpha value is -1.40. The first kappa shape index (κ1) is 16.0. The average molecular weight is 310 g/mol. The molecular weight excluding hydrogens is 288 g/mol. The van der Waals surface area contributed by atoms with Gasteiger partial charge in [0.2, 0.25) is 10.0 Å². The van der Waals surface area contributed by atoms with Gasteiger partial charge in [0.05, 0.1) is 4.90 Å². The molecule has 1 amide bonds. The average Bonchev–Trinajstić information content (AvgIpc) is 2.53. The number of likely N-dealkylation sites (tertiary alicyclic amines) is 1. The summed E-state index contributed by atoms with van der Waals surface area (Å²) >= 11 is 0. The van der Waals surface area contributed by atoms with Crippen molar-refractivity contribution in [1.82, 2.24) is 9.62 Å². The highest BCUT2D eigenvalue weighted by molar-refractivity contribution is 7.89. The Bertz CT molecular complexity index is 593. The maximum Gasteiger partial charge on any atom is 0.253 e. The van der Waals surface area contributed by atoms with E-state index in [0.717, 1.165) is 38.8 Å². The van der Waals surface area contributed by atoms with Crippen molar-refractivity contribution in [3.8, 4) is 0 Å². The summed E-state index contributed by atoms with van der Waals surface area (Å²) in [5.41, 5.74) is 0.441. The van der Waals surface area contributed by atoms with E-state index in [0.29, 0.717) is 12.1 Å². The second kappa shape index (κ2) is 7.04. The fourth-order valence-corrected chi connectivity index (χ4v) is 3.57. The molecule has 0 saturated carbocycles. The molecule has 1 saturated heterocycles. The lowest BCUT2D eigenvalue weighted by Gasteiger charge is -2.26. The predicted molar refractivity (Wildman–Crippen MR) is 81.7 cm³/mol. The summed E-state index contributed by atoms with van der Waals surface area (Å²) in [5.74, 6) is -0.0813. The summed E-state index contributed by atoms with van der Waals surface area (Å²) in [4.78, 5) is 14.4. The topological polar surface area (TPSA) is 66.5 Å².